The fraction of sp³-hybridized carbons (Fsp3) is 0.500. The van der Waals surface area contributed by atoms with Crippen LogP contribution in [0, 0.1) is 15.5 Å². The Labute approximate surface area is 119 Å². The highest BCUT2D eigenvalue weighted by Crippen LogP contribution is 2.32. The quantitative estimate of drug-likeness (QED) is 0.679. The monoisotopic (exact) mass is 298 g/mol. The number of carbonyl (C=O) groups is 2. The second-order valence-electron chi connectivity index (χ2n) is 5.05. The van der Waals surface area contributed by atoms with Crippen LogP contribution in [0.15, 0.2) is 12.1 Å². The molecule has 108 valence electrons. The van der Waals surface area contributed by atoms with E-state index in [0.717, 1.165) is 11.3 Å². The van der Waals surface area contributed by atoms with Crippen molar-refractivity contribution < 1.29 is 19.6 Å². The minimum atomic E-state index is -0.851. The van der Waals surface area contributed by atoms with E-state index in [4.69, 9.17) is 5.11 Å². The molecule has 1 N–H and O–H groups in total. The summed E-state index contributed by atoms with van der Waals surface area (Å²) in [6.07, 6.45) is 0.781. The topological polar surface area (TPSA) is 101 Å². The lowest BCUT2D eigenvalue weighted by molar-refractivity contribution is -0.380. The van der Waals surface area contributed by atoms with E-state index in [1.54, 1.807) is 11.8 Å². The Morgan fingerprint density at radius 3 is 2.45 bits per heavy atom. The largest absolute Gasteiger partial charge is 0.481 e. The average molecular weight is 298 g/mol. The second-order valence-corrected chi connectivity index (χ2v) is 6.12. The number of carbonyl (C=O) groups excluding carboxylic acids is 1. The molecule has 0 saturated carbocycles. The van der Waals surface area contributed by atoms with Crippen molar-refractivity contribution in [1.29, 1.82) is 0 Å². The molecule has 1 aliphatic heterocycles. The van der Waals surface area contributed by atoms with Gasteiger partial charge >= 0.3 is 11.0 Å². The molecule has 1 aliphatic rings. The van der Waals surface area contributed by atoms with Crippen LogP contribution in [-0.4, -0.2) is 39.9 Å². The van der Waals surface area contributed by atoms with Crippen LogP contribution in [0.5, 0.6) is 0 Å². The zero-order chi connectivity index (χ0) is 14.9. The van der Waals surface area contributed by atoms with Gasteiger partial charge in [-0.15, -0.1) is 0 Å². The van der Waals surface area contributed by atoms with Gasteiger partial charge in [0.1, 0.15) is 0 Å². The second kappa shape index (κ2) is 5.20. The summed E-state index contributed by atoms with van der Waals surface area (Å²) in [6.45, 7) is 2.38. The van der Waals surface area contributed by atoms with Crippen molar-refractivity contribution in [2.24, 2.45) is 5.41 Å². The SMILES string of the molecule is CC1(C(=O)O)CCN(C(=O)c2ccc([N+](=O)[O-])s2)CC1. The molecule has 0 atom stereocenters. The van der Waals surface area contributed by atoms with Crippen molar-refractivity contribution in [1.82, 2.24) is 4.90 Å². The first kappa shape index (κ1) is 14.4. The number of carboxylic acids is 1. The minimum absolute atomic E-state index is 0.0688. The predicted molar refractivity (Wildman–Crippen MR) is 71.9 cm³/mol. The van der Waals surface area contributed by atoms with Gasteiger partial charge in [-0.3, -0.25) is 19.7 Å². The molecule has 1 aromatic rings. The molecular formula is C12H14N2O5S. The van der Waals surface area contributed by atoms with E-state index in [1.807, 2.05) is 0 Å². The molecule has 0 spiro atoms. The Hall–Kier alpha value is -1.96. The van der Waals surface area contributed by atoms with E-state index in [2.05, 4.69) is 0 Å². The Morgan fingerprint density at radius 2 is 2.00 bits per heavy atom. The number of likely N-dealkylation sites (tertiary alicyclic amines) is 1. The number of carboxylic acid groups (broad SMARTS) is 1. The van der Waals surface area contributed by atoms with Crippen LogP contribution in [-0.2, 0) is 4.79 Å². The molecule has 1 amide bonds. The van der Waals surface area contributed by atoms with Crippen molar-refractivity contribution >= 4 is 28.2 Å². The maximum absolute atomic E-state index is 12.2. The van der Waals surface area contributed by atoms with E-state index in [0.29, 0.717) is 30.8 Å². The third-order valence-corrected chi connectivity index (χ3v) is 4.68. The maximum atomic E-state index is 12.2. The third-order valence-electron chi connectivity index (χ3n) is 3.65. The lowest BCUT2D eigenvalue weighted by atomic mass is 9.80. The van der Waals surface area contributed by atoms with Crippen LogP contribution in [0.4, 0.5) is 5.00 Å². The first-order valence-electron chi connectivity index (χ1n) is 6.10. The summed E-state index contributed by atoms with van der Waals surface area (Å²) in [5, 5.41) is 19.7. The zero-order valence-electron chi connectivity index (χ0n) is 10.9. The van der Waals surface area contributed by atoms with Crippen molar-refractivity contribution in [3.63, 3.8) is 0 Å². The van der Waals surface area contributed by atoms with Gasteiger partial charge in [0.05, 0.1) is 15.2 Å². The van der Waals surface area contributed by atoms with E-state index in [1.165, 1.54) is 12.1 Å². The van der Waals surface area contributed by atoms with Crippen LogP contribution >= 0.6 is 11.3 Å². The van der Waals surface area contributed by atoms with E-state index >= 15 is 0 Å². The molecule has 1 saturated heterocycles. The molecule has 0 bridgehead atoms. The molecule has 0 radical (unpaired) electrons. The molecule has 0 aromatic carbocycles. The molecule has 0 unspecified atom stereocenters. The number of nitro groups is 1. The number of hydrogen-bond donors (Lipinski definition) is 1. The van der Waals surface area contributed by atoms with Gasteiger partial charge in [-0.1, -0.05) is 11.3 Å². The van der Waals surface area contributed by atoms with Crippen LogP contribution in [0.3, 0.4) is 0 Å². The fourth-order valence-corrected chi connectivity index (χ4v) is 2.90. The Balaban J connectivity index is 2.04. The molecule has 20 heavy (non-hydrogen) atoms. The molecule has 1 fully saturated rings. The summed E-state index contributed by atoms with van der Waals surface area (Å²) >= 11 is 0.842. The summed E-state index contributed by atoms with van der Waals surface area (Å²) in [7, 11) is 0. The molecule has 2 rings (SSSR count). The summed E-state index contributed by atoms with van der Waals surface area (Å²) in [6, 6.07) is 2.75. The summed E-state index contributed by atoms with van der Waals surface area (Å²) in [4.78, 5) is 35.2. The van der Waals surface area contributed by atoms with Crippen LogP contribution < -0.4 is 0 Å². The zero-order valence-corrected chi connectivity index (χ0v) is 11.7. The number of thiophene rings is 1. The van der Waals surface area contributed by atoms with Crippen molar-refractivity contribution in [2.75, 3.05) is 13.1 Å². The van der Waals surface area contributed by atoms with Gasteiger partial charge in [-0.05, 0) is 25.8 Å². The van der Waals surface area contributed by atoms with Crippen LogP contribution in [0.25, 0.3) is 0 Å². The lowest BCUT2D eigenvalue weighted by Gasteiger charge is -2.36. The summed E-state index contributed by atoms with van der Waals surface area (Å²) in [5.74, 6) is -1.12. The Bertz CT molecular complexity index is 560. The van der Waals surface area contributed by atoms with Crippen molar-refractivity contribution in [2.45, 2.75) is 19.8 Å². The van der Waals surface area contributed by atoms with Gasteiger partial charge in [0.2, 0.25) is 0 Å². The number of amides is 1. The molecular weight excluding hydrogens is 284 g/mol. The number of nitrogens with zero attached hydrogens (tertiary/aromatic N) is 2. The first-order valence-corrected chi connectivity index (χ1v) is 6.92. The molecule has 2 heterocycles. The lowest BCUT2D eigenvalue weighted by Crippen LogP contribution is -2.45. The minimum Gasteiger partial charge on any atom is -0.481 e. The Kier molecular flexibility index (Phi) is 3.76. The van der Waals surface area contributed by atoms with E-state index in [9.17, 15) is 19.7 Å². The highest BCUT2D eigenvalue weighted by molar-refractivity contribution is 7.17. The number of piperidine rings is 1. The first-order chi connectivity index (χ1) is 9.33. The summed E-state index contributed by atoms with van der Waals surface area (Å²) < 4.78 is 0. The van der Waals surface area contributed by atoms with Crippen LogP contribution in [0.1, 0.15) is 29.4 Å². The molecule has 0 aliphatic carbocycles. The third kappa shape index (κ3) is 2.64. The highest BCUT2D eigenvalue weighted by Gasteiger charge is 2.38. The summed E-state index contributed by atoms with van der Waals surface area (Å²) in [5.41, 5.74) is -0.793. The maximum Gasteiger partial charge on any atom is 0.324 e. The van der Waals surface area contributed by atoms with Crippen molar-refractivity contribution in [3.8, 4) is 0 Å². The van der Waals surface area contributed by atoms with E-state index < -0.39 is 16.3 Å². The molecule has 1 aromatic heterocycles. The van der Waals surface area contributed by atoms with Gasteiger partial charge < -0.3 is 10.0 Å². The number of aliphatic carboxylic acids is 1. The van der Waals surface area contributed by atoms with Crippen LogP contribution in [0.2, 0.25) is 0 Å². The standard InChI is InChI=1S/C12H14N2O5S/c1-12(11(16)17)4-6-13(7-5-12)10(15)8-2-3-9(20-8)14(18)19/h2-3H,4-7H2,1H3,(H,16,17). The highest BCUT2D eigenvalue weighted by atomic mass is 32.1. The van der Waals surface area contributed by atoms with Gasteiger partial charge in [0.25, 0.3) is 5.91 Å². The Morgan fingerprint density at radius 1 is 1.40 bits per heavy atom. The van der Waals surface area contributed by atoms with Gasteiger partial charge in [-0.25, -0.2) is 0 Å². The predicted octanol–water partition coefficient (Wildman–Crippen LogP) is 1.98. The normalized spacial score (nSPS) is 17.8. The van der Waals surface area contributed by atoms with Gasteiger partial charge in [0.15, 0.2) is 0 Å². The smallest absolute Gasteiger partial charge is 0.324 e. The van der Waals surface area contributed by atoms with E-state index in [-0.39, 0.29) is 10.9 Å². The number of hydrogen-bond acceptors (Lipinski definition) is 5. The molecule has 7 nitrogen and oxygen atoms in total. The van der Waals surface area contributed by atoms with Gasteiger partial charge in [0, 0.05) is 19.2 Å². The van der Waals surface area contributed by atoms with Gasteiger partial charge in [-0.2, -0.15) is 0 Å². The molecule has 8 heteroatoms. The average Bonchev–Trinajstić information content (AvgIpc) is 2.88. The fourth-order valence-electron chi connectivity index (χ4n) is 2.11. The van der Waals surface area contributed by atoms with Crippen molar-refractivity contribution in [3.05, 3.63) is 27.1 Å². The number of rotatable bonds is 3.